The third-order valence-corrected chi connectivity index (χ3v) is 6.00. The fourth-order valence-corrected chi connectivity index (χ4v) is 4.82. The van der Waals surface area contributed by atoms with Crippen molar-refractivity contribution in [3.05, 3.63) is 83.9 Å². The first-order chi connectivity index (χ1) is 13.2. The van der Waals surface area contributed by atoms with Gasteiger partial charge in [-0.2, -0.15) is 16.8 Å². The Hall–Kier alpha value is -2.78. The summed E-state index contributed by atoms with van der Waals surface area (Å²) in [6, 6.07) is 20.0. The Bertz CT molecular complexity index is 1230. The van der Waals surface area contributed by atoms with Gasteiger partial charge in [-0.15, -0.1) is 0 Å². The molecular formula is C20H16O6S2. The zero-order chi connectivity index (χ0) is 20.4. The van der Waals surface area contributed by atoms with E-state index in [1.165, 1.54) is 12.1 Å². The molecule has 0 saturated carbocycles. The van der Waals surface area contributed by atoms with Crippen LogP contribution in [0.25, 0.3) is 23.3 Å². The molecule has 0 atom stereocenters. The molecule has 0 spiro atoms. The van der Waals surface area contributed by atoms with E-state index in [2.05, 4.69) is 0 Å². The summed E-state index contributed by atoms with van der Waals surface area (Å²) in [5.74, 6) is 0. The molecule has 3 rings (SSSR count). The standard InChI is InChI=1S/C20H16O6S2/c21-27(22,23)19-14-13-17(16-9-5-2-6-10-16)18(20(19)28(24,25)26)12-11-15-7-3-1-4-8-15/h1-14H,(H,21,22,23)(H,24,25,26). The van der Waals surface area contributed by atoms with Gasteiger partial charge in [-0.1, -0.05) is 78.9 Å². The van der Waals surface area contributed by atoms with Crippen molar-refractivity contribution in [1.29, 1.82) is 0 Å². The Morgan fingerprint density at radius 3 is 1.75 bits per heavy atom. The zero-order valence-corrected chi connectivity index (χ0v) is 16.1. The lowest BCUT2D eigenvalue weighted by molar-refractivity contribution is 0.466. The monoisotopic (exact) mass is 416 g/mol. The summed E-state index contributed by atoms with van der Waals surface area (Å²) in [5.41, 5.74) is 1.68. The summed E-state index contributed by atoms with van der Waals surface area (Å²) in [6.45, 7) is 0. The molecule has 0 bridgehead atoms. The predicted octanol–water partition coefficient (Wildman–Crippen LogP) is 4.02. The molecule has 0 aliphatic carbocycles. The van der Waals surface area contributed by atoms with E-state index in [1.54, 1.807) is 60.7 Å². The molecule has 0 unspecified atom stereocenters. The van der Waals surface area contributed by atoms with Gasteiger partial charge in [0.1, 0.15) is 9.79 Å². The molecule has 8 heteroatoms. The Balaban J connectivity index is 2.38. The Kier molecular flexibility index (Phi) is 5.48. The van der Waals surface area contributed by atoms with Crippen LogP contribution in [0, 0.1) is 0 Å². The van der Waals surface area contributed by atoms with Gasteiger partial charge < -0.3 is 0 Å². The van der Waals surface area contributed by atoms with Gasteiger partial charge >= 0.3 is 0 Å². The van der Waals surface area contributed by atoms with Crippen LogP contribution in [0.4, 0.5) is 0 Å². The minimum Gasteiger partial charge on any atom is -0.282 e. The van der Waals surface area contributed by atoms with Gasteiger partial charge in [0.25, 0.3) is 20.2 Å². The number of rotatable bonds is 5. The van der Waals surface area contributed by atoms with Crippen LogP contribution in [0.3, 0.4) is 0 Å². The average Bonchev–Trinajstić information content (AvgIpc) is 2.65. The molecule has 6 nitrogen and oxygen atoms in total. The smallest absolute Gasteiger partial charge is 0.282 e. The van der Waals surface area contributed by atoms with Gasteiger partial charge in [0.2, 0.25) is 0 Å². The van der Waals surface area contributed by atoms with Gasteiger partial charge in [-0.3, -0.25) is 9.11 Å². The van der Waals surface area contributed by atoms with E-state index in [4.69, 9.17) is 0 Å². The molecule has 0 amide bonds. The van der Waals surface area contributed by atoms with Crippen LogP contribution < -0.4 is 0 Å². The van der Waals surface area contributed by atoms with E-state index in [9.17, 15) is 25.9 Å². The molecule has 144 valence electrons. The van der Waals surface area contributed by atoms with E-state index in [1.807, 2.05) is 6.07 Å². The first kappa shape index (κ1) is 20.0. The summed E-state index contributed by atoms with van der Waals surface area (Å²) < 4.78 is 66.8. The topological polar surface area (TPSA) is 109 Å². The van der Waals surface area contributed by atoms with Crippen molar-refractivity contribution in [2.75, 3.05) is 0 Å². The van der Waals surface area contributed by atoms with Crippen LogP contribution in [-0.4, -0.2) is 25.9 Å². The second-order valence-electron chi connectivity index (χ2n) is 5.91. The van der Waals surface area contributed by atoms with Crippen molar-refractivity contribution in [3.63, 3.8) is 0 Å². The molecule has 28 heavy (non-hydrogen) atoms. The molecule has 0 heterocycles. The predicted molar refractivity (Wildman–Crippen MR) is 107 cm³/mol. The largest absolute Gasteiger partial charge is 0.296 e. The molecule has 0 fully saturated rings. The molecule has 3 aromatic carbocycles. The summed E-state index contributed by atoms with van der Waals surface area (Å²) in [4.78, 5) is -1.76. The Morgan fingerprint density at radius 1 is 0.643 bits per heavy atom. The van der Waals surface area contributed by atoms with Gasteiger partial charge in [0.05, 0.1) is 0 Å². The first-order valence-electron chi connectivity index (χ1n) is 8.08. The van der Waals surface area contributed by atoms with Crippen molar-refractivity contribution in [2.45, 2.75) is 9.79 Å². The molecule has 0 radical (unpaired) electrons. The molecular weight excluding hydrogens is 400 g/mol. The quantitative estimate of drug-likeness (QED) is 0.480. The normalized spacial score (nSPS) is 12.4. The van der Waals surface area contributed by atoms with Crippen molar-refractivity contribution >= 4 is 32.4 Å². The van der Waals surface area contributed by atoms with Crippen LogP contribution in [-0.2, 0) is 20.2 Å². The minimum atomic E-state index is -4.97. The van der Waals surface area contributed by atoms with E-state index in [0.29, 0.717) is 11.1 Å². The number of benzene rings is 3. The summed E-state index contributed by atoms with van der Waals surface area (Å²) in [7, 11) is -9.87. The summed E-state index contributed by atoms with van der Waals surface area (Å²) in [5, 5.41) is 0. The summed E-state index contributed by atoms with van der Waals surface area (Å²) in [6.07, 6.45) is 2.99. The second kappa shape index (κ2) is 7.69. The fraction of sp³-hybridized carbons (Fsp3) is 0. The highest BCUT2D eigenvalue weighted by molar-refractivity contribution is 7.89. The molecule has 0 aliphatic rings. The van der Waals surface area contributed by atoms with Crippen molar-refractivity contribution in [3.8, 4) is 11.1 Å². The lowest BCUT2D eigenvalue weighted by Gasteiger charge is -2.14. The van der Waals surface area contributed by atoms with E-state index in [-0.39, 0.29) is 5.56 Å². The second-order valence-corrected chi connectivity index (χ2v) is 8.66. The van der Waals surface area contributed by atoms with Gasteiger partial charge in [-0.05, 0) is 22.8 Å². The zero-order valence-electron chi connectivity index (χ0n) is 14.4. The molecule has 0 aromatic heterocycles. The highest BCUT2D eigenvalue weighted by Crippen LogP contribution is 2.35. The maximum absolute atomic E-state index is 12.1. The van der Waals surface area contributed by atoms with E-state index >= 15 is 0 Å². The van der Waals surface area contributed by atoms with Crippen LogP contribution in [0.1, 0.15) is 11.1 Å². The number of hydrogen-bond donors (Lipinski definition) is 2. The van der Waals surface area contributed by atoms with Gasteiger partial charge in [-0.25, -0.2) is 0 Å². The van der Waals surface area contributed by atoms with Crippen LogP contribution in [0.5, 0.6) is 0 Å². The molecule has 0 aliphatic heterocycles. The van der Waals surface area contributed by atoms with Crippen molar-refractivity contribution < 1.29 is 25.9 Å². The van der Waals surface area contributed by atoms with Crippen LogP contribution in [0.2, 0.25) is 0 Å². The van der Waals surface area contributed by atoms with Crippen LogP contribution >= 0.6 is 0 Å². The Labute approximate surface area is 163 Å². The maximum Gasteiger partial charge on any atom is 0.296 e. The first-order valence-corrected chi connectivity index (χ1v) is 11.0. The minimum absolute atomic E-state index is 0.0484. The Morgan fingerprint density at radius 2 is 1.21 bits per heavy atom. The maximum atomic E-state index is 12.1. The van der Waals surface area contributed by atoms with E-state index in [0.717, 1.165) is 11.6 Å². The molecule has 0 saturated heterocycles. The van der Waals surface area contributed by atoms with Gasteiger partial charge in [0, 0.05) is 5.56 Å². The highest BCUT2D eigenvalue weighted by atomic mass is 32.2. The average molecular weight is 416 g/mol. The van der Waals surface area contributed by atoms with E-state index < -0.39 is 30.0 Å². The molecule has 3 aromatic rings. The highest BCUT2D eigenvalue weighted by Gasteiger charge is 2.28. The van der Waals surface area contributed by atoms with Crippen molar-refractivity contribution in [1.82, 2.24) is 0 Å². The third-order valence-electron chi connectivity index (χ3n) is 4.02. The lowest BCUT2D eigenvalue weighted by atomic mass is 9.98. The van der Waals surface area contributed by atoms with Crippen LogP contribution in [0.15, 0.2) is 82.6 Å². The molecule has 2 N–H and O–H groups in total. The van der Waals surface area contributed by atoms with Gasteiger partial charge in [0.15, 0.2) is 0 Å². The summed E-state index contributed by atoms with van der Waals surface area (Å²) >= 11 is 0. The number of hydrogen-bond acceptors (Lipinski definition) is 4. The third kappa shape index (κ3) is 4.37. The fourth-order valence-electron chi connectivity index (χ4n) is 2.83. The lowest BCUT2D eigenvalue weighted by Crippen LogP contribution is -2.11. The SMILES string of the molecule is O=S(=O)(O)c1ccc(-c2ccccc2)c(C=Cc2ccccc2)c1S(=O)(=O)O. The van der Waals surface area contributed by atoms with Crippen molar-refractivity contribution in [2.24, 2.45) is 0 Å².